The number of nitrogens with zero attached hydrogens (tertiary/aromatic N) is 1. The quantitative estimate of drug-likeness (QED) is 0.202. The van der Waals surface area contributed by atoms with Gasteiger partial charge < -0.3 is 20.5 Å². The van der Waals surface area contributed by atoms with Gasteiger partial charge in [0.25, 0.3) is 17.7 Å². The number of nitrogens with two attached hydrogens (primary N) is 1. The van der Waals surface area contributed by atoms with Crippen LogP contribution in [0.1, 0.15) is 18.1 Å². The van der Waals surface area contributed by atoms with Gasteiger partial charge in [0.05, 0.1) is 15.7 Å². The molecule has 0 unspecified atom stereocenters. The molecule has 39 heavy (non-hydrogen) atoms. The summed E-state index contributed by atoms with van der Waals surface area (Å²) in [5.41, 5.74) is 9.04. The number of benzene rings is 3. The molecule has 0 aliphatic heterocycles. The van der Waals surface area contributed by atoms with E-state index in [-0.39, 0.29) is 23.8 Å². The molecule has 0 bridgehead atoms. The fourth-order valence-electron chi connectivity index (χ4n) is 3.27. The molecule has 0 fully saturated rings. The average Bonchev–Trinajstić information content (AvgIpc) is 2.89. The Labute approximate surface area is 243 Å². The molecule has 3 aromatic carbocycles. The number of carbonyl (C=O) groups excluding carboxylic acids is 3. The maximum absolute atomic E-state index is 13.0. The molecule has 3 amide bonds. The number of hydrogen-bond acceptors (Lipinski definition) is 6. The van der Waals surface area contributed by atoms with Crippen molar-refractivity contribution < 1.29 is 23.9 Å². The zero-order chi connectivity index (χ0) is 28.4. The minimum Gasteiger partial charge on any atom is -0.483 e. The Morgan fingerprint density at radius 1 is 1.03 bits per heavy atom. The predicted octanol–water partition coefficient (Wildman–Crippen LogP) is 4.27. The van der Waals surface area contributed by atoms with Crippen LogP contribution >= 0.6 is 39.1 Å². The summed E-state index contributed by atoms with van der Waals surface area (Å²) in [5.74, 6) is -0.925. The number of ether oxygens (including phenoxy) is 2. The largest absolute Gasteiger partial charge is 0.483 e. The van der Waals surface area contributed by atoms with Gasteiger partial charge in [0.1, 0.15) is 17.5 Å². The van der Waals surface area contributed by atoms with Crippen LogP contribution in [0.3, 0.4) is 0 Å². The summed E-state index contributed by atoms with van der Waals surface area (Å²) < 4.78 is 11.5. The highest BCUT2D eigenvalue weighted by molar-refractivity contribution is 9.10. The summed E-state index contributed by atoms with van der Waals surface area (Å²) in [6.07, 6.45) is 0.696. The summed E-state index contributed by atoms with van der Waals surface area (Å²) in [6.45, 7) is 1.29. The van der Waals surface area contributed by atoms with E-state index in [0.717, 1.165) is 5.56 Å². The molecule has 0 aromatic heterocycles. The molecule has 0 saturated heterocycles. The molecule has 204 valence electrons. The topological polar surface area (TPSA) is 132 Å². The molecule has 3 rings (SSSR count). The Morgan fingerprint density at radius 3 is 2.41 bits per heavy atom. The fourth-order valence-corrected chi connectivity index (χ4v) is 4.24. The second-order valence-corrected chi connectivity index (χ2v) is 9.96. The van der Waals surface area contributed by atoms with Crippen LogP contribution in [0.4, 0.5) is 0 Å². The van der Waals surface area contributed by atoms with Crippen molar-refractivity contribution in [2.75, 3.05) is 6.61 Å². The number of hydrazone groups is 1. The van der Waals surface area contributed by atoms with E-state index in [1.54, 1.807) is 37.3 Å². The highest BCUT2D eigenvalue weighted by Gasteiger charge is 2.25. The smallest absolute Gasteiger partial charge is 0.262 e. The van der Waals surface area contributed by atoms with Gasteiger partial charge >= 0.3 is 0 Å². The summed E-state index contributed by atoms with van der Waals surface area (Å²) in [7, 11) is 0. The van der Waals surface area contributed by atoms with Crippen LogP contribution in [-0.4, -0.2) is 42.7 Å². The van der Waals surface area contributed by atoms with Crippen LogP contribution in [0.5, 0.6) is 11.5 Å². The van der Waals surface area contributed by atoms with Crippen molar-refractivity contribution in [2.45, 2.75) is 25.5 Å². The van der Waals surface area contributed by atoms with E-state index >= 15 is 0 Å². The number of amides is 3. The first-order valence-electron chi connectivity index (χ1n) is 11.6. The molecule has 0 aliphatic rings. The van der Waals surface area contributed by atoms with Crippen molar-refractivity contribution in [3.63, 3.8) is 0 Å². The first kappa shape index (κ1) is 29.9. The average molecular weight is 636 g/mol. The Bertz CT molecular complexity index is 1360. The molecule has 0 saturated carbocycles. The standard InChI is InChI=1S/C27H25BrCl2N4O5/c1-16(39-24-10-8-19(29)13-21(24)30)26(36)33-22(12-17-5-3-2-4-6-17)27(37)34-32-14-18-7-9-23(20(28)11-18)38-15-25(31)35/h2-11,13-14,16,22H,12,15H2,1H3,(H2,31,35)(H,33,36)(H,34,37)/b32-14-/t16-,22-/m0/s1. The molecule has 2 atom stereocenters. The van der Waals surface area contributed by atoms with E-state index in [1.165, 1.54) is 12.3 Å². The number of nitrogens with one attached hydrogen (secondary N) is 2. The van der Waals surface area contributed by atoms with Gasteiger partial charge in [-0.1, -0.05) is 53.5 Å². The summed E-state index contributed by atoms with van der Waals surface area (Å²) >= 11 is 15.4. The Balaban J connectivity index is 1.67. The molecular weight excluding hydrogens is 611 g/mol. The van der Waals surface area contributed by atoms with Crippen LogP contribution in [0, 0.1) is 0 Å². The van der Waals surface area contributed by atoms with Crippen LogP contribution < -0.4 is 25.9 Å². The molecule has 0 radical (unpaired) electrons. The van der Waals surface area contributed by atoms with Gasteiger partial charge in [0, 0.05) is 11.4 Å². The third kappa shape index (κ3) is 9.58. The normalized spacial score (nSPS) is 12.4. The molecule has 0 heterocycles. The molecular formula is C27H25BrCl2N4O5. The second kappa shape index (κ2) is 14.5. The van der Waals surface area contributed by atoms with Crippen molar-refractivity contribution >= 4 is 63.1 Å². The third-order valence-corrected chi connectivity index (χ3v) is 6.35. The number of rotatable bonds is 12. The molecule has 9 nitrogen and oxygen atoms in total. The van der Waals surface area contributed by atoms with Crippen LogP contribution in [0.25, 0.3) is 0 Å². The molecule has 12 heteroatoms. The van der Waals surface area contributed by atoms with Crippen molar-refractivity contribution in [3.8, 4) is 11.5 Å². The monoisotopic (exact) mass is 634 g/mol. The van der Waals surface area contributed by atoms with E-state index < -0.39 is 29.9 Å². The van der Waals surface area contributed by atoms with Gasteiger partial charge in [-0.2, -0.15) is 5.10 Å². The van der Waals surface area contributed by atoms with E-state index in [0.29, 0.717) is 20.8 Å². The highest BCUT2D eigenvalue weighted by Crippen LogP contribution is 2.28. The van der Waals surface area contributed by atoms with E-state index in [1.807, 2.05) is 30.3 Å². The number of halogens is 3. The van der Waals surface area contributed by atoms with Crippen LogP contribution in [0.15, 0.2) is 76.3 Å². The van der Waals surface area contributed by atoms with Gasteiger partial charge in [0.2, 0.25) is 0 Å². The van der Waals surface area contributed by atoms with Crippen molar-refractivity contribution in [1.29, 1.82) is 0 Å². The SMILES string of the molecule is C[C@H](Oc1ccc(Cl)cc1Cl)C(=O)N[C@@H](Cc1ccccc1)C(=O)N/N=C\c1ccc(OCC(N)=O)c(Br)c1. The van der Waals surface area contributed by atoms with E-state index in [4.69, 9.17) is 38.4 Å². The van der Waals surface area contributed by atoms with Crippen molar-refractivity contribution in [1.82, 2.24) is 10.7 Å². The first-order valence-corrected chi connectivity index (χ1v) is 13.2. The van der Waals surface area contributed by atoms with E-state index in [9.17, 15) is 14.4 Å². The van der Waals surface area contributed by atoms with Gasteiger partial charge in [-0.3, -0.25) is 14.4 Å². The Kier molecular flexibility index (Phi) is 11.2. The van der Waals surface area contributed by atoms with E-state index in [2.05, 4.69) is 31.8 Å². The lowest BCUT2D eigenvalue weighted by Gasteiger charge is -2.21. The third-order valence-electron chi connectivity index (χ3n) is 5.20. The van der Waals surface area contributed by atoms with Crippen LogP contribution in [0.2, 0.25) is 10.0 Å². The van der Waals surface area contributed by atoms with Crippen molar-refractivity contribution in [3.05, 3.63) is 92.4 Å². The summed E-state index contributed by atoms with van der Waals surface area (Å²) in [5, 5.41) is 7.43. The van der Waals surface area contributed by atoms with Crippen molar-refractivity contribution in [2.24, 2.45) is 10.8 Å². The second-order valence-electron chi connectivity index (χ2n) is 8.26. The lowest BCUT2D eigenvalue weighted by molar-refractivity contribution is -0.132. The van der Waals surface area contributed by atoms with Gasteiger partial charge in [0.15, 0.2) is 12.7 Å². The Morgan fingerprint density at radius 2 is 1.74 bits per heavy atom. The maximum Gasteiger partial charge on any atom is 0.262 e. The molecule has 3 aromatic rings. The summed E-state index contributed by atoms with van der Waals surface area (Å²) in [6, 6.07) is 18.0. The zero-order valence-electron chi connectivity index (χ0n) is 20.7. The minimum absolute atomic E-state index is 0.222. The summed E-state index contributed by atoms with van der Waals surface area (Å²) in [4.78, 5) is 36.9. The van der Waals surface area contributed by atoms with Gasteiger partial charge in [-0.25, -0.2) is 5.43 Å². The predicted molar refractivity (Wildman–Crippen MR) is 153 cm³/mol. The first-order chi connectivity index (χ1) is 18.6. The molecule has 0 aliphatic carbocycles. The Hall–Kier alpha value is -3.60. The minimum atomic E-state index is -0.953. The van der Waals surface area contributed by atoms with Gasteiger partial charge in [-0.15, -0.1) is 0 Å². The number of primary amides is 1. The van der Waals surface area contributed by atoms with Gasteiger partial charge in [-0.05, 0) is 70.4 Å². The highest BCUT2D eigenvalue weighted by atomic mass is 79.9. The maximum atomic E-state index is 13.0. The molecule has 4 N–H and O–H groups in total. The lowest BCUT2D eigenvalue weighted by Crippen LogP contribution is -2.50. The fraction of sp³-hybridized carbons (Fsp3) is 0.185. The zero-order valence-corrected chi connectivity index (χ0v) is 23.8. The number of carbonyl (C=O) groups is 3. The number of hydrogen-bond donors (Lipinski definition) is 3. The lowest BCUT2D eigenvalue weighted by atomic mass is 10.1. The van der Waals surface area contributed by atoms with Crippen LogP contribution in [-0.2, 0) is 20.8 Å². The molecule has 0 spiro atoms.